The Bertz CT molecular complexity index is 475. The maximum Gasteiger partial charge on any atom is 0.237 e. The molecule has 1 aliphatic rings. The molecule has 1 aliphatic heterocycles. The summed E-state index contributed by atoms with van der Waals surface area (Å²) in [7, 11) is 0. The van der Waals surface area contributed by atoms with Crippen LogP contribution in [-0.4, -0.2) is 42.4 Å². The van der Waals surface area contributed by atoms with Gasteiger partial charge in [-0.05, 0) is 41.4 Å². The van der Waals surface area contributed by atoms with Gasteiger partial charge in [0.25, 0.3) is 0 Å². The second-order valence-electron chi connectivity index (χ2n) is 4.95. The van der Waals surface area contributed by atoms with Crippen molar-refractivity contribution in [1.29, 1.82) is 0 Å². The van der Waals surface area contributed by atoms with E-state index in [0.29, 0.717) is 19.5 Å². The molecule has 1 amide bonds. The van der Waals surface area contributed by atoms with Crippen LogP contribution in [0, 0.1) is 0 Å². The minimum absolute atomic E-state index is 0. The van der Waals surface area contributed by atoms with Crippen LogP contribution in [0.25, 0.3) is 0 Å². The lowest BCUT2D eigenvalue weighted by molar-refractivity contribution is -0.123. The fraction of sp³-hybridized carbons (Fsp3) is 0.500. The molecular weight excluding hydrogens is 360 g/mol. The van der Waals surface area contributed by atoms with Gasteiger partial charge >= 0.3 is 0 Å². The second kappa shape index (κ2) is 8.58. The number of aliphatic hydroxyl groups is 1. The van der Waals surface area contributed by atoms with E-state index in [2.05, 4.69) is 26.6 Å². The van der Waals surface area contributed by atoms with Crippen molar-refractivity contribution in [2.24, 2.45) is 0 Å². The molecule has 0 spiro atoms. The fourth-order valence-electron chi connectivity index (χ4n) is 2.08. The summed E-state index contributed by atoms with van der Waals surface area (Å²) in [6, 6.07) is 7.29. The monoisotopic (exact) mass is 378 g/mol. The van der Waals surface area contributed by atoms with Crippen molar-refractivity contribution in [3.05, 3.63) is 28.7 Å². The van der Waals surface area contributed by atoms with Crippen molar-refractivity contribution in [3.8, 4) is 5.75 Å². The molecule has 3 unspecified atom stereocenters. The van der Waals surface area contributed by atoms with Gasteiger partial charge in [-0.1, -0.05) is 12.1 Å². The van der Waals surface area contributed by atoms with Crippen molar-refractivity contribution in [2.45, 2.75) is 31.6 Å². The highest BCUT2D eigenvalue weighted by Crippen LogP contribution is 2.24. The summed E-state index contributed by atoms with van der Waals surface area (Å²) >= 11 is 3.42. The molecular formula is C14H20BrClN2O3. The molecule has 3 N–H and O–H groups in total. The van der Waals surface area contributed by atoms with E-state index < -0.39 is 6.10 Å². The molecule has 1 saturated heterocycles. The summed E-state index contributed by atoms with van der Waals surface area (Å²) < 4.78 is 6.64. The molecule has 0 bridgehead atoms. The first-order chi connectivity index (χ1) is 9.56. The van der Waals surface area contributed by atoms with E-state index in [9.17, 15) is 9.90 Å². The third kappa shape index (κ3) is 5.47. The van der Waals surface area contributed by atoms with Crippen LogP contribution in [0.4, 0.5) is 0 Å². The fourth-order valence-corrected chi connectivity index (χ4v) is 2.46. The van der Waals surface area contributed by atoms with E-state index in [-0.39, 0.29) is 30.5 Å². The van der Waals surface area contributed by atoms with E-state index in [4.69, 9.17) is 4.74 Å². The summed E-state index contributed by atoms with van der Waals surface area (Å²) in [5.74, 6) is 0.660. The number of aliphatic hydroxyl groups excluding tert-OH is 1. The Balaban J connectivity index is 0.00000220. The van der Waals surface area contributed by atoms with Gasteiger partial charge in [0.2, 0.25) is 5.91 Å². The number of hydrogen-bond acceptors (Lipinski definition) is 4. The molecule has 7 heteroatoms. The Morgan fingerprint density at radius 2 is 2.29 bits per heavy atom. The highest BCUT2D eigenvalue weighted by Gasteiger charge is 2.27. The molecule has 1 fully saturated rings. The van der Waals surface area contributed by atoms with Crippen molar-refractivity contribution in [1.82, 2.24) is 10.6 Å². The Kier molecular flexibility index (Phi) is 7.45. The molecule has 0 aliphatic carbocycles. The lowest BCUT2D eigenvalue weighted by Gasteiger charge is -2.18. The summed E-state index contributed by atoms with van der Waals surface area (Å²) in [4.78, 5) is 11.9. The predicted molar refractivity (Wildman–Crippen MR) is 86.9 cm³/mol. The highest BCUT2D eigenvalue weighted by molar-refractivity contribution is 9.10. The number of nitrogens with one attached hydrogen (secondary N) is 2. The summed E-state index contributed by atoms with van der Waals surface area (Å²) in [6.07, 6.45) is -0.102. The lowest BCUT2D eigenvalue weighted by Crippen LogP contribution is -2.43. The first-order valence-corrected chi connectivity index (χ1v) is 7.46. The van der Waals surface area contributed by atoms with Gasteiger partial charge in [0.1, 0.15) is 11.9 Å². The molecule has 0 saturated carbocycles. The van der Waals surface area contributed by atoms with Gasteiger partial charge in [0, 0.05) is 6.54 Å². The maximum absolute atomic E-state index is 11.9. The average Bonchev–Trinajstić information content (AvgIpc) is 2.85. The van der Waals surface area contributed by atoms with Crippen LogP contribution in [0.15, 0.2) is 28.7 Å². The topological polar surface area (TPSA) is 70.6 Å². The maximum atomic E-state index is 11.9. The molecule has 118 valence electrons. The van der Waals surface area contributed by atoms with E-state index in [1.54, 1.807) is 0 Å². The minimum atomic E-state index is -0.431. The van der Waals surface area contributed by atoms with Crippen molar-refractivity contribution in [3.63, 3.8) is 0 Å². The van der Waals surface area contributed by atoms with Gasteiger partial charge < -0.3 is 20.5 Å². The molecule has 0 aromatic heterocycles. The highest BCUT2D eigenvalue weighted by atomic mass is 79.9. The number of ether oxygens (including phenoxy) is 1. The summed E-state index contributed by atoms with van der Waals surface area (Å²) in [5.41, 5.74) is 0. The number of carbonyl (C=O) groups excluding carboxylic acids is 1. The zero-order chi connectivity index (χ0) is 14.5. The smallest absolute Gasteiger partial charge is 0.237 e. The number of hydrogen-bond donors (Lipinski definition) is 3. The first-order valence-electron chi connectivity index (χ1n) is 6.66. The molecule has 2 rings (SSSR count). The lowest BCUT2D eigenvalue weighted by atomic mass is 10.2. The van der Waals surface area contributed by atoms with Crippen LogP contribution in [0.1, 0.15) is 13.3 Å². The number of para-hydroxylation sites is 1. The van der Waals surface area contributed by atoms with E-state index in [1.807, 2.05) is 31.2 Å². The van der Waals surface area contributed by atoms with Crippen LogP contribution in [-0.2, 0) is 4.79 Å². The van der Waals surface area contributed by atoms with Crippen LogP contribution in [0.5, 0.6) is 5.75 Å². The Morgan fingerprint density at radius 3 is 2.90 bits per heavy atom. The van der Waals surface area contributed by atoms with Crippen molar-refractivity contribution < 1.29 is 14.6 Å². The van der Waals surface area contributed by atoms with Gasteiger partial charge in [0.05, 0.1) is 23.2 Å². The summed E-state index contributed by atoms with van der Waals surface area (Å²) in [5, 5.41) is 15.2. The van der Waals surface area contributed by atoms with Gasteiger partial charge in [-0.25, -0.2) is 0 Å². The predicted octanol–water partition coefficient (Wildman–Crippen LogP) is 1.48. The van der Waals surface area contributed by atoms with Gasteiger partial charge in [-0.2, -0.15) is 0 Å². The molecule has 1 heterocycles. The van der Waals surface area contributed by atoms with Gasteiger partial charge in [0.15, 0.2) is 0 Å². The first kappa shape index (κ1) is 18.2. The van der Waals surface area contributed by atoms with Crippen molar-refractivity contribution in [2.75, 3.05) is 13.1 Å². The van der Waals surface area contributed by atoms with E-state index in [1.165, 1.54) is 0 Å². The van der Waals surface area contributed by atoms with Gasteiger partial charge in [-0.3, -0.25) is 4.79 Å². The number of halogens is 2. The Labute approximate surface area is 139 Å². The molecule has 21 heavy (non-hydrogen) atoms. The number of rotatable bonds is 5. The van der Waals surface area contributed by atoms with E-state index in [0.717, 1.165) is 10.2 Å². The number of benzene rings is 1. The molecule has 1 aromatic carbocycles. The minimum Gasteiger partial charge on any atom is -0.488 e. The second-order valence-corrected chi connectivity index (χ2v) is 5.81. The summed E-state index contributed by atoms with van der Waals surface area (Å²) in [6.45, 7) is 2.80. The normalized spacial score (nSPS) is 22.2. The van der Waals surface area contributed by atoms with Crippen LogP contribution in [0.2, 0.25) is 0 Å². The van der Waals surface area contributed by atoms with E-state index >= 15 is 0 Å². The largest absolute Gasteiger partial charge is 0.488 e. The van der Waals surface area contributed by atoms with Crippen LogP contribution >= 0.6 is 28.3 Å². The van der Waals surface area contributed by atoms with Gasteiger partial charge in [-0.15, -0.1) is 12.4 Å². The van der Waals surface area contributed by atoms with Crippen molar-refractivity contribution >= 4 is 34.2 Å². The molecule has 1 aromatic rings. The number of β-amino-alcohol motifs (C(OH)–C–C–N with tert-alkyl or cyclic N) is 1. The zero-order valence-electron chi connectivity index (χ0n) is 11.7. The van der Waals surface area contributed by atoms with Crippen LogP contribution in [0.3, 0.4) is 0 Å². The SMILES string of the molecule is CC(CNC(=O)C1CC(O)CN1)Oc1ccccc1Br.Cl. The third-order valence-electron chi connectivity index (χ3n) is 3.15. The molecule has 3 atom stereocenters. The molecule has 5 nitrogen and oxygen atoms in total. The third-order valence-corrected chi connectivity index (χ3v) is 3.81. The number of carbonyl (C=O) groups is 1. The average molecular weight is 380 g/mol. The standard InChI is InChI=1S/C14H19BrN2O3.ClH/c1-9(20-13-5-3-2-4-11(13)15)7-17-14(19)12-6-10(18)8-16-12;/h2-5,9-10,12,16,18H,6-8H2,1H3,(H,17,19);1H. The van der Waals surface area contributed by atoms with Crippen LogP contribution < -0.4 is 15.4 Å². The zero-order valence-corrected chi connectivity index (χ0v) is 14.1. The Hall–Kier alpha value is -0.820. The quantitative estimate of drug-likeness (QED) is 0.725. The number of amides is 1. The molecule has 0 radical (unpaired) electrons. The Morgan fingerprint density at radius 1 is 1.57 bits per heavy atom.